The van der Waals surface area contributed by atoms with Crippen LogP contribution in [0.5, 0.6) is 0 Å². The molecule has 0 heterocycles. The molecule has 0 aliphatic rings. The molecule has 3 rings (SSSR count). The zero-order valence-corrected chi connectivity index (χ0v) is 26.7. The van der Waals surface area contributed by atoms with Gasteiger partial charge in [0.05, 0.1) is 18.1 Å². The summed E-state index contributed by atoms with van der Waals surface area (Å²) in [5.41, 5.74) is 8.15. The van der Waals surface area contributed by atoms with Gasteiger partial charge in [-0.1, -0.05) is 57.2 Å². The Kier molecular flexibility index (Phi) is 14.1. The van der Waals surface area contributed by atoms with Crippen molar-refractivity contribution in [2.24, 2.45) is 5.73 Å². The maximum atomic E-state index is 14.3. The van der Waals surface area contributed by atoms with Crippen LogP contribution in [0.1, 0.15) is 77.9 Å². The Labute approximate surface area is 269 Å². The van der Waals surface area contributed by atoms with Gasteiger partial charge >= 0.3 is 6.09 Å². The number of benzene rings is 3. The molecular formula is C35H45F2N5O4. The quantitative estimate of drug-likeness (QED) is 0.153. The maximum absolute atomic E-state index is 14.3. The van der Waals surface area contributed by atoms with Crippen molar-refractivity contribution in [3.8, 4) is 0 Å². The molecule has 3 atom stereocenters. The third-order valence-electron chi connectivity index (χ3n) is 7.65. The average Bonchev–Trinajstić information content (AvgIpc) is 3.04. The summed E-state index contributed by atoms with van der Waals surface area (Å²) in [4.78, 5) is 42.6. The molecular weight excluding hydrogens is 592 g/mol. The van der Waals surface area contributed by atoms with Gasteiger partial charge in [-0.25, -0.2) is 13.6 Å². The highest BCUT2D eigenvalue weighted by molar-refractivity contribution is 5.99. The van der Waals surface area contributed by atoms with E-state index in [4.69, 9.17) is 5.73 Å². The number of hydrogen-bond donors (Lipinski definition) is 4. The van der Waals surface area contributed by atoms with Gasteiger partial charge in [0.1, 0.15) is 11.6 Å². The Morgan fingerprint density at radius 2 is 1.43 bits per heavy atom. The summed E-state index contributed by atoms with van der Waals surface area (Å²) >= 11 is 0. The topological polar surface area (TPSA) is 128 Å². The van der Waals surface area contributed by atoms with Crippen molar-refractivity contribution in [2.75, 3.05) is 26.2 Å². The van der Waals surface area contributed by atoms with E-state index in [-0.39, 0.29) is 30.1 Å². The number of nitrogens with zero attached hydrogens (tertiary/aromatic N) is 2. The molecule has 3 aromatic rings. The number of amides is 3. The van der Waals surface area contributed by atoms with Crippen molar-refractivity contribution in [2.45, 2.75) is 64.7 Å². The molecule has 0 spiro atoms. The lowest BCUT2D eigenvalue weighted by Gasteiger charge is -2.39. The molecule has 0 aliphatic heterocycles. The third kappa shape index (κ3) is 10.1. The lowest BCUT2D eigenvalue weighted by molar-refractivity contribution is 0.0755. The Morgan fingerprint density at radius 1 is 0.826 bits per heavy atom. The van der Waals surface area contributed by atoms with Crippen LogP contribution >= 0.6 is 0 Å². The molecule has 0 bridgehead atoms. The minimum atomic E-state index is -1.23. The van der Waals surface area contributed by atoms with E-state index in [1.54, 1.807) is 23.1 Å². The number of carboxylic acid groups (broad SMARTS) is 1. The monoisotopic (exact) mass is 637 g/mol. The first-order chi connectivity index (χ1) is 22.1. The lowest BCUT2D eigenvalue weighted by atomic mass is 9.92. The van der Waals surface area contributed by atoms with Crippen molar-refractivity contribution < 1.29 is 28.3 Å². The van der Waals surface area contributed by atoms with Crippen molar-refractivity contribution >= 4 is 17.9 Å². The molecule has 0 saturated heterocycles. The van der Waals surface area contributed by atoms with E-state index in [1.165, 1.54) is 11.0 Å². The van der Waals surface area contributed by atoms with Crippen LogP contribution in [0.3, 0.4) is 0 Å². The lowest BCUT2D eigenvalue weighted by Crippen LogP contribution is -2.60. The number of nitrogens with one attached hydrogen (secondary N) is 2. The van der Waals surface area contributed by atoms with Crippen LogP contribution in [-0.2, 0) is 6.54 Å². The minimum absolute atomic E-state index is 0.0522. The Bertz CT molecular complexity index is 1420. The first-order valence-corrected chi connectivity index (χ1v) is 15.7. The highest BCUT2D eigenvalue weighted by atomic mass is 19.1. The van der Waals surface area contributed by atoms with Gasteiger partial charge in [-0.3, -0.25) is 9.59 Å². The second-order valence-electron chi connectivity index (χ2n) is 11.3. The van der Waals surface area contributed by atoms with E-state index in [2.05, 4.69) is 10.6 Å². The van der Waals surface area contributed by atoms with E-state index < -0.39 is 41.8 Å². The number of carbonyl (C=O) groups excluding carboxylic acids is 2. The zero-order valence-electron chi connectivity index (χ0n) is 26.7. The van der Waals surface area contributed by atoms with Gasteiger partial charge in [-0.2, -0.15) is 0 Å². The van der Waals surface area contributed by atoms with Crippen molar-refractivity contribution in [1.29, 1.82) is 0 Å². The standard InChI is InChI=1S/C35H45F2N5O4/c1-4-15-41(16-5-2)34(44)26-14-10-13-25(18-26)33(43)40-32(31(38)27-19-28(36)21-29(37)20-27)30(42(17-6-3)35(45)46)23-39-22-24-11-8-7-9-12-24/h7-14,18-21,30-32,39H,4-6,15-17,22-23,38H2,1-3H3,(H,40,43)(H,45,46). The van der Waals surface area contributed by atoms with E-state index in [9.17, 15) is 28.3 Å². The van der Waals surface area contributed by atoms with Crippen LogP contribution in [-0.4, -0.2) is 71.1 Å². The second kappa shape index (κ2) is 18.0. The van der Waals surface area contributed by atoms with Crippen molar-refractivity contribution in [3.05, 3.63) is 107 Å². The first kappa shape index (κ1) is 36.1. The van der Waals surface area contributed by atoms with E-state index in [1.807, 2.05) is 51.1 Å². The van der Waals surface area contributed by atoms with E-state index in [0.29, 0.717) is 37.7 Å². The summed E-state index contributed by atoms with van der Waals surface area (Å²) < 4.78 is 28.7. The zero-order chi connectivity index (χ0) is 33.6. The Balaban J connectivity index is 2.02. The summed E-state index contributed by atoms with van der Waals surface area (Å²) in [5.74, 6) is -2.52. The molecule has 0 radical (unpaired) electrons. The van der Waals surface area contributed by atoms with Gasteiger partial charge in [0.2, 0.25) is 0 Å². The molecule has 46 heavy (non-hydrogen) atoms. The van der Waals surface area contributed by atoms with Gasteiger partial charge in [0.15, 0.2) is 0 Å². The van der Waals surface area contributed by atoms with Crippen LogP contribution in [0.4, 0.5) is 13.6 Å². The van der Waals surface area contributed by atoms with Crippen LogP contribution < -0.4 is 16.4 Å². The molecule has 11 heteroatoms. The minimum Gasteiger partial charge on any atom is -0.465 e. The molecule has 0 aromatic heterocycles. The van der Waals surface area contributed by atoms with Gasteiger partial charge in [0, 0.05) is 49.9 Å². The highest BCUT2D eigenvalue weighted by Gasteiger charge is 2.36. The molecule has 248 valence electrons. The number of halogens is 2. The highest BCUT2D eigenvalue weighted by Crippen LogP contribution is 2.23. The molecule has 0 saturated carbocycles. The van der Waals surface area contributed by atoms with Gasteiger partial charge in [0.25, 0.3) is 11.8 Å². The maximum Gasteiger partial charge on any atom is 0.407 e. The Morgan fingerprint density at radius 3 is 2.02 bits per heavy atom. The Hall–Kier alpha value is -4.35. The van der Waals surface area contributed by atoms with Gasteiger partial charge < -0.3 is 31.3 Å². The molecule has 3 amide bonds. The molecule has 0 fully saturated rings. The van der Waals surface area contributed by atoms with Crippen LogP contribution in [0.15, 0.2) is 72.8 Å². The number of rotatable bonds is 17. The molecule has 0 aliphatic carbocycles. The molecule has 9 nitrogen and oxygen atoms in total. The average molecular weight is 638 g/mol. The predicted molar refractivity (Wildman–Crippen MR) is 174 cm³/mol. The fraction of sp³-hybridized carbons (Fsp3) is 0.400. The van der Waals surface area contributed by atoms with E-state index >= 15 is 0 Å². The normalized spacial score (nSPS) is 13.0. The predicted octanol–water partition coefficient (Wildman–Crippen LogP) is 5.57. The van der Waals surface area contributed by atoms with Crippen molar-refractivity contribution in [3.63, 3.8) is 0 Å². The van der Waals surface area contributed by atoms with Crippen LogP contribution in [0.25, 0.3) is 0 Å². The largest absolute Gasteiger partial charge is 0.465 e. The summed E-state index contributed by atoms with van der Waals surface area (Å²) in [7, 11) is 0. The number of nitrogens with two attached hydrogens (primary N) is 1. The summed E-state index contributed by atoms with van der Waals surface area (Å²) in [6, 6.07) is 15.3. The number of carbonyl (C=O) groups is 3. The van der Waals surface area contributed by atoms with Gasteiger partial charge in [-0.15, -0.1) is 0 Å². The smallest absolute Gasteiger partial charge is 0.407 e. The molecule has 3 unspecified atom stereocenters. The first-order valence-electron chi connectivity index (χ1n) is 15.7. The van der Waals surface area contributed by atoms with Crippen molar-refractivity contribution in [1.82, 2.24) is 20.4 Å². The number of hydrogen-bond acceptors (Lipinski definition) is 5. The third-order valence-corrected chi connectivity index (χ3v) is 7.65. The SMILES string of the molecule is CCCN(CCC)C(=O)c1cccc(C(=O)NC(C(N)c2cc(F)cc(F)c2)C(CNCc2ccccc2)N(CCC)C(=O)O)c1. The molecule has 3 aromatic carbocycles. The van der Waals surface area contributed by atoms with Gasteiger partial charge in [-0.05, 0) is 60.7 Å². The van der Waals surface area contributed by atoms with Crippen LogP contribution in [0, 0.1) is 11.6 Å². The fourth-order valence-electron chi connectivity index (χ4n) is 5.50. The fourth-order valence-corrected chi connectivity index (χ4v) is 5.50. The molecule has 5 N–H and O–H groups in total. The van der Waals surface area contributed by atoms with E-state index in [0.717, 1.165) is 30.5 Å². The summed E-state index contributed by atoms with van der Waals surface area (Å²) in [5, 5.41) is 16.4. The summed E-state index contributed by atoms with van der Waals surface area (Å²) in [6.07, 6.45) is 0.806. The summed E-state index contributed by atoms with van der Waals surface area (Å²) in [6.45, 7) is 7.53. The van der Waals surface area contributed by atoms with Crippen LogP contribution in [0.2, 0.25) is 0 Å². The second-order valence-corrected chi connectivity index (χ2v) is 11.3.